The first-order valence-corrected chi connectivity index (χ1v) is 13.3. The van der Waals surface area contributed by atoms with Crippen molar-refractivity contribution >= 4 is 34.6 Å². The van der Waals surface area contributed by atoms with E-state index in [2.05, 4.69) is 29.5 Å². The molecule has 5 rings (SSSR count). The van der Waals surface area contributed by atoms with Crippen LogP contribution < -0.4 is 4.74 Å². The van der Waals surface area contributed by atoms with Crippen molar-refractivity contribution < 1.29 is 13.9 Å². The van der Waals surface area contributed by atoms with Gasteiger partial charge in [-0.25, -0.2) is 9.38 Å². The van der Waals surface area contributed by atoms with Crippen molar-refractivity contribution in [3.8, 4) is 11.4 Å². The van der Waals surface area contributed by atoms with E-state index in [0.29, 0.717) is 28.9 Å². The number of hydrogen-bond donors (Lipinski definition) is 0. The summed E-state index contributed by atoms with van der Waals surface area (Å²) >= 11 is 1.34. The summed E-state index contributed by atoms with van der Waals surface area (Å²) in [5.41, 5.74) is 5.83. The molecule has 2 heterocycles. The van der Waals surface area contributed by atoms with Crippen LogP contribution in [-0.4, -0.2) is 27.1 Å². The highest BCUT2D eigenvalue weighted by molar-refractivity contribution is 8.18. The second kappa shape index (κ2) is 11.1. The Balaban J connectivity index is 1.37. The van der Waals surface area contributed by atoms with Crippen molar-refractivity contribution in [2.75, 3.05) is 6.54 Å². The van der Waals surface area contributed by atoms with Gasteiger partial charge in [-0.2, -0.15) is 0 Å². The molecule has 1 fully saturated rings. The van der Waals surface area contributed by atoms with Gasteiger partial charge in [0.2, 0.25) is 0 Å². The molecule has 1 aromatic heterocycles. The Bertz CT molecular complexity index is 1510. The van der Waals surface area contributed by atoms with Crippen molar-refractivity contribution in [2.24, 2.45) is 4.99 Å². The maximum atomic E-state index is 13.3. The number of benzene rings is 3. The van der Waals surface area contributed by atoms with Crippen LogP contribution in [0.3, 0.4) is 0 Å². The minimum Gasteiger partial charge on any atom is -0.489 e. The number of carbonyl (C=O) groups is 1. The fourth-order valence-electron chi connectivity index (χ4n) is 4.40. The van der Waals surface area contributed by atoms with E-state index in [1.54, 1.807) is 17.0 Å². The molecule has 1 aliphatic rings. The van der Waals surface area contributed by atoms with Crippen LogP contribution in [0.2, 0.25) is 0 Å². The van der Waals surface area contributed by atoms with Crippen molar-refractivity contribution in [1.82, 2.24) is 9.47 Å². The minimum absolute atomic E-state index is 0.0805. The summed E-state index contributed by atoms with van der Waals surface area (Å²) in [6.07, 6.45) is 1.93. The molecule has 0 bridgehead atoms. The molecule has 1 saturated heterocycles. The number of aromatic nitrogens is 1. The third-order valence-corrected chi connectivity index (χ3v) is 7.36. The van der Waals surface area contributed by atoms with Crippen LogP contribution in [0.15, 0.2) is 94.8 Å². The molecular weight excluding hydrogens is 497 g/mol. The number of aliphatic imine (C=N–C) groups is 1. The van der Waals surface area contributed by atoms with Gasteiger partial charge in [-0.15, -0.1) is 0 Å². The average molecular weight is 526 g/mol. The van der Waals surface area contributed by atoms with E-state index in [-0.39, 0.29) is 11.7 Å². The molecule has 1 aliphatic heterocycles. The van der Waals surface area contributed by atoms with Gasteiger partial charge in [0.25, 0.3) is 5.91 Å². The number of aryl methyl sites for hydroxylation is 1. The molecule has 3 aromatic carbocycles. The van der Waals surface area contributed by atoms with Crippen molar-refractivity contribution in [3.63, 3.8) is 0 Å². The zero-order valence-electron chi connectivity index (χ0n) is 21.5. The predicted molar refractivity (Wildman–Crippen MR) is 152 cm³/mol. The van der Waals surface area contributed by atoms with E-state index < -0.39 is 0 Å². The summed E-state index contributed by atoms with van der Waals surface area (Å²) in [7, 11) is 0. The van der Waals surface area contributed by atoms with Gasteiger partial charge in [-0.05, 0) is 104 Å². The fraction of sp³-hybridized carbons (Fsp3) is 0.161. The van der Waals surface area contributed by atoms with Gasteiger partial charge in [-0.3, -0.25) is 9.69 Å². The lowest BCUT2D eigenvalue weighted by Crippen LogP contribution is -2.28. The number of amides is 1. The van der Waals surface area contributed by atoms with Crippen LogP contribution >= 0.6 is 11.8 Å². The first-order valence-electron chi connectivity index (χ1n) is 12.4. The Morgan fingerprint density at radius 1 is 0.974 bits per heavy atom. The molecule has 0 spiro atoms. The minimum atomic E-state index is -0.318. The van der Waals surface area contributed by atoms with E-state index in [4.69, 9.17) is 4.74 Å². The van der Waals surface area contributed by atoms with Crippen LogP contribution in [0.25, 0.3) is 11.8 Å². The Kier molecular flexibility index (Phi) is 7.47. The number of halogens is 1. The van der Waals surface area contributed by atoms with Crippen LogP contribution in [0.5, 0.6) is 5.75 Å². The van der Waals surface area contributed by atoms with Crippen molar-refractivity contribution in [3.05, 3.63) is 118 Å². The van der Waals surface area contributed by atoms with Gasteiger partial charge in [-0.1, -0.05) is 30.3 Å². The number of carbonyl (C=O) groups excluding carboxylic acids is 1. The average Bonchev–Trinajstić information content (AvgIpc) is 3.38. The number of thioether (sulfide) groups is 1. The van der Waals surface area contributed by atoms with Crippen LogP contribution in [0.1, 0.15) is 29.4 Å². The number of rotatable bonds is 7. The Morgan fingerprint density at radius 2 is 1.68 bits per heavy atom. The molecule has 7 heteroatoms. The normalized spacial score (nSPS) is 15.6. The summed E-state index contributed by atoms with van der Waals surface area (Å²) in [5.74, 6) is 0.410. The number of ether oxygens (including phenoxy) is 1. The molecule has 5 nitrogen and oxygen atoms in total. The highest BCUT2D eigenvalue weighted by Gasteiger charge is 2.32. The summed E-state index contributed by atoms with van der Waals surface area (Å²) in [5, 5.41) is 0.593. The summed E-state index contributed by atoms with van der Waals surface area (Å²) in [4.78, 5) is 20.0. The summed E-state index contributed by atoms with van der Waals surface area (Å²) in [6.45, 7) is 7.04. The Labute approximate surface area is 226 Å². The zero-order valence-corrected chi connectivity index (χ0v) is 22.3. The molecule has 0 saturated carbocycles. The van der Waals surface area contributed by atoms with Gasteiger partial charge in [0.1, 0.15) is 18.2 Å². The van der Waals surface area contributed by atoms with E-state index in [1.165, 1.54) is 23.9 Å². The topological polar surface area (TPSA) is 46.8 Å². The van der Waals surface area contributed by atoms with E-state index in [0.717, 1.165) is 34.0 Å². The number of hydrogen-bond acceptors (Lipinski definition) is 4. The quantitative estimate of drug-likeness (QED) is 0.236. The molecule has 0 aliphatic carbocycles. The molecule has 1 amide bonds. The van der Waals surface area contributed by atoms with Gasteiger partial charge < -0.3 is 9.30 Å². The lowest BCUT2D eigenvalue weighted by molar-refractivity contribution is -0.122. The molecule has 38 heavy (non-hydrogen) atoms. The molecule has 0 atom stereocenters. The predicted octanol–water partition coefficient (Wildman–Crippen LogP) is 7.44. The summed E-state index contributed by atoms with van der Waals surface area (Å²) < 4.78 is 21.4. The number of amidine groups is 1. The Hall–Kier alpha value is -4.10. The molecular formula is C31H28FN3O2S. The van der Waals surface area contributed by atoms with E-state index in [1.807, 2.05) is 67.6 Å². The molecule has 4 aromatic rings. The molecule has 0 N–H and O–H groups in total. The summed E-state index contributed by atoms with van der Waals surface area (Å²) in [6, 6.07) is 26.1. The lowest BCUT2D eigenvalue weighted by Gasteiger charge is -2.12. The standard InChI is InChI=1S/C31H28FN3O2S/c1-4-34-30(36)29(38-31(34)33-26-12-10-25(32)11-13-26)19-24-18-21(2)35(22(24)3)27-14-16-28(17-15-27)37-20-23-8-6-5-7-9-23/h5-19H,4,20H2,1-3H3/b29-19+,33-31?. The number of nitrogens with zero attached hydrogens (tertiary/aromatic N) is 3. The Morgan fingerprint density at radius 3 is 2.37 bits per heavy atom. The first-order chi connectivity index (χ1) is 18.4. The monoisotopic (exact) mass is 525 g/mol. The third-order valence-electron chi connectivity index (χ3n) is 6.36. The first kappa shape index (κ1) is 25.5. The second-order valence-corrected chi connectivity index (χ2v) is 9.97. The van der Waals surface area contributed by atoms with Gasteiger partial charge in [0, 0.05) is 23.6 Å². The largest absolute Gasteiger partial charge is 0.489 e. The van der Waals surface area contributed by atoms with Crippen LogP contribution in [-0.2, 0) is 11.4 Å². The molecule has 0 radical (unpaired) electrons. The SMILES string of the molecule is CCN1C(=O)/C(=C\c2cc(C)n(-c3ccc(OCc4ccccc4)cc3)c2C)SC1=Nc1ccc(F)cc1. The lowest BCUT2D eigenvalue weighted by atomic mass is 10.2. The van der Waals surface area contributed by atoms with Gasteiger partial charge in [0.15, 0.2) is 5.17 Å². The number of likely N-dealkylation sites (N-methyl/N-ethyl adjacent to an activating group) is 1. The highest BCUT2D eigenvalue weighted by Crippen LogP contribution is 2.35. The molecule has 192 valence electrons. The van der Waals surface area contributed by atoms with Crippen LogP contribution in [0, 0.1) is 19.7 Å². The van der Waals surface area contributed by atoms with E-state index in [9.17, 15) is 9.18 Å². The van der Waals surface area contributed by atoms with Gasteiger partial charge in [0.05, 0.1) is 10.6 Å². The maximum absolute atomic E-state index is 13.3. The van der Waals surface area contributed by atoms with E-state index >= 15 is 0 Å². The third kappa shape index (κ3) is 5.43. The van der Waals surface area contributed by atoms with Crippen molar-refractivity contribution in [2.45, 2.75) is 27.4 Å². The maximum Gasteiger partial charge on any atom is 0.266 e. The van der Waals surface area contributed by atoms with Crippen molar-refractivity contribution in [1.29, 1.82) is 0 Å². The second-order valence-electron chi connectivity index (χ2n) is 8.96. The fourth-order valence-corrected chi connectivity index (χ4v) is 5.45. The van der Waals surface area contributed by atoms with Crippen LogP contribution in [0.4, 0.5) is 10.1 Å². The smallest absolute Gasteiger partial charge is 0.266 e. The zero-order chi connectivity index (χ0) is 26.6. The van der Waals surface area contributed by atoms with Gasteiger partial charge >= 0.3 is 0 Å². The highest BCUT2D eigenvalue weighted by atomic mass is 32.2. The molecule has 0 unspecified atom stereocenters.